The molecule has 1 atom stereocenters. The summed E-state index contributed by atoms with van der Waals surface area (Å²) in [7, 11) is 0. The van der Waals surface area contributed by atoms with E-state index in [1.54, 1.807) is 0 Å². The van der Waals surface area contributed by atoms with Crippen LogP contribution in [0.5, 0.6) is 0 Å². The molecule has 6 heteroatoms. The highest BCUT2D eigenvalue weighted by Gasteiger charge is 2.31. The molecule has 2 fully saturated rings. The summed E-state index contributed by atoms with van der Waals surface area (Å²) in [5.41, 5.74) is 2.23. The Morgan fingerprint density at radius 2 is 1.96 bits per heavy atom. The zero-order valence-corrected chi connectivity index (χ0v) is 17.1. The van der Waals surface area contributed by atoms with E-state index < -0.39 is 0 Å². The largest absolute Gasteiger partial charge is 0.369 e. The minimum absolute atomic E-state index is 0.0711. The summed E-state index contributed by atoms with van der Waals surface area (Å²) in [6.45, 7) is 6.62. The van der Waals surface area contributed by atoms with Gasteiger partial charge in [-0.3, -0.25) is 9.59 Å². The smallest absolute Gasteiger partial charge is 0.245 e. The van der Waals surface area contributed by atoms with Gasteiger partial charge in [-0.2, -0.15) is 0 Å². The molecule has 0 spiro atoms. The second-order valence-corrected chi connectivity index (χ2v) is 8.24. The van der Waals surface area contributed by atoms with Gasteiger partial charge >= 0.3 is 0 Å². The molecule has 3 rings (SSSR count). The highest BCUT2D eigenvalue weighted by molar-refractivity contribution is 6.31. The number of halogens is 1. The maximum Gasteiger partial charge on any atom is 0.245 e. The number of carbonyl (C=O) groups is 2. The van der Waals surface area contributed by atoms with Gasteiger partial charge < -0.3 is 15.1 Å². The van der Waals surface area contributed by atoms with Crippen molar-refractivity contribution >= 4 is 29.1 Å². The SMILES string of the molecule is CC(=O)N[C@H](CC1CCC1)C(=O)N1CCCN(c2cccc(Cl)c2C)CC1. The number of anilines is 1. The Morgan fingerprint density at radius 1 is 1.19 bits per heavy atom. The van der Waals surface area contributed by atoms with E-state index in [0.717, 1.165) is 48.7 Å². The normalized spacial score (nSPS) is 19.2. The fourth-order valence-electron chi connectivity index (χ4n) is 4.07. The van der Waals surface area contributed by atoms with Crippen molar-refractivity contribution in [3.8, 4) is 0 Å². The van der Waals surface area contributed by atoms with Crippen LogP contribution in [0.4, 0.5) is 5.69 Å². The zero-order chi connectivity index (χ0) is 19.4. The van der Waals surface area contributed by atoms with Crippen LogP contribution < -0.4 is 10.2 Å². The van der Waals surface area contributed by atoms with Crippen LogP contribution in [0, 0.1) is 12.8 Å². The number of amides is 2. The van der Waals surface area contributed by atoms with Crippen molar-refractivity contribution in [3.63, 3.8) is 0 Å². The summed E-state index contributed by atoms with van der Waals surface area (Å²) in [6, 6.07) is 5.60. The van der Waals surface area contributed by atoms with Crippen LogP contribution in [0.1, 0.15) is 44.6 Å². The minimum atomic E-state index is -0.382. The molecule has 1 aromatic rings. The van der Waals surface area contributed by atoms with Gasteiger partial charge in [0, 0.05) is 43.8 Å². The molecule has 0 aromatic heterocycles. The van der Waals surface area contributed by atoms with Crippen molar-refractivity contribution in [3.05, 3.63) is 28.8 Å². The van der Waals surface area contributed by atoms with E-state index in [2.05, 4.69) is 16.3 Å². The van der Waals surface area contributed by atoms with Crippen LogP contribution in [0.3, 0.4) is 0 Å². The average molecular weight is 392 g/mol. The van der Waals surface area contributed by atoms with E-state index in [1.807, 2.05) is 24.0 Å². The Kier molecular flexibility index (Phi) is 6.64. The third kappa shape index (κ3) is 4.95. The molecular formula is C21H30ClN3O2. The van der Waals surface area contributed by atoms with E-state index in [0.29, 0.717) is 12.5 Å². The lowest BCUT2D eigenvalue weighted by atomic mass is 9.80. The molecule has 0 bridgehead atoms. The van der Waals surface area contributed by atoms with E-state index in [4.69, 9.17) is 11.6 Å². The molecule has 148 valence electrons. The lowest BCUT2D eigenvalue weighted by Crippen LogP contribution is -2.50. The van der Waals surface area contributed by atoms with Gasteiger partial charge in [0.1, 0.15) is 6.04 Å². The summed E-state index contributed by atoms with van der Waals surface area (Å²) < 4.78 is 0. The van der Waals surface area contributed by atoms with Crippen molar-refractivity contribution in [2.24, 2.45) is 5.92 Å². The summed E-state index contributed by atoms with van der Waals surface area (Å²) in [6.07, 6.45) is 5.26. The van der Waals surface area contributed by atoms with Gasteiger partial charge in [-0.25, -0.2) is 0 Å². The van der Waals surface area contributed by atoms with Crippen molar-refractivity contribution in [1.82, 2.24) is 10.2 Å². The maximum atomic E-state index is 13.1. The van der Waals surface area contributed by atoms with Gasteiger partial charge in [0.25, 0.3) is 0 Å². The van der Waals surface area contributed by atoms with Crippen LogP contribution in [0.15, 0.2) is 18.2 Å². The Bertz CT molecular complexity index is 690. The molecule has 1 heterocycles. The molecule has 1 aliphatic heterocycles. The summed E-state index contributed by atoms with van der Waals surface area (Å²) in [4.78, 5) is 28.9. The first kappa shape index (κ1) is 20.0. The second kappa shape index (κ2) is 8.96. The van der Waals surface area contributed by atoms with Crippen LogP contribution in [0.25, 0.3) is 0 Å². The second-order valence-electron chi connectivity index (χ2n) is 7.84. The number of hydrogen-bond donors (Lipinski definition) is 1. The van der Waals surface area contributed by atoms with Crippen LogP contribution in [-0.4, -0.2) is 48.9 Å². The molecule has 2 aliphatic rings. The number of carbonyl (C=O) groups excluding carboxylic acids is 2. The molecule has 1 N–H and O–H groups in total. The first-order valence-electron chi connectivity index (χ1n) is 10.0. The van der Waals surface area contributed by atoms with Crippen LogP contribution in [-0.2, 0) is 9.59 Å². The number of benzene rings is 1. The monoisotopic (exact) mass is 391 g/mol. The third-order valence-corrected chi connectivity index (χ3v) is 6.27. The van der Waals surface area contributed by atoms with Gasteiger partial charge in [-0.1, -0.05) is 36.9 Å². The van der Waals surface area contributed by atoms with E-state index in [-0.39, 0.29) is 17.9 Å². The molecular weight excluding hydrogens is 362 g/mol. The summed E-state index contributed by atoms with van der Waals surface area (Å²) >= 11 is 6.28. The Morgan fingerprint density at radius 3 is 2.63 bits per heavy atom. The van der Waals surface area contributed by atoms with Gasteiger partial charge in [0.15, 0.2) is 0 Å². The van der Waals surface area contributed by atoms with E-state index in [9.17, 15) is 9.59 Å². The Balaban J connectivity index is 1.65. The highest BCUT2D eigenvalue weighted by atomic mass is 35.5. The van der Waals surface area contributed by atoms with Gasteiger partial charge in [0.05, 0.1) is 0 Å². The predicted molar refractivity (Wildman–Crippen MR) is 109 cm³/mol. The Labute approximate surface area is 167 Å². The minimum Gasteiger partial charge on any atom is -0.369 e. The van der Waals surface area contributed by atoms with Crippen molar-refractivity contribution in [2.75, 3.05) is 31.1 Å². The molecule has 0 radical (unpaired) electrons. The molecule has 27 heavy (non-hydrogen) atoms. The van der Waals surface area contributed by atoms with E-state index >= 15 is 0 Å². The average Bonchev–Trinajstić information content (AvgIpc) is 2.84. The van der Waals surface area contributed by atoms with Gasteiger partial charge in [0.2, 0.25) is 11.8 Å². The highest BCUT2D eigenvalue weighted by Crippen LogP contribution is 2.31. The molecule has 1 aliphatic carbocycles. The third-order valence-electron chi connectivity index (χ3n) is 5.86. The molecule has 1 saturated heterocycles. The standard InChI is InChI=1S/C21H30ClN3O2/c1-15-18(22)8-4-9-20(15)24-10-5-11-25(13-12-24)21(27)19(23-16(2)26)14-17-6-3-7-17/h4,8-9,17,19H,3,5-7,10-14H2,1-2H3,(H,23,26)/t19-/m1/s1. The maximum absolute atomic E-state index is 13.1. The molecule has 1 aromatic carbocycles. The number of rotatable bonds is 5. The first-order valence-corrected chi connectivity index (χ1v) is 10.4. The Hall–Kier alpha value is -1.75. The number of nitrogens with zero attached hydrogens (tertiary/aromatic N) is 2. The number of nitrogens with one attached hydrogen (secondary N) is 1. The molecule has 0 unspecified atom stereocenters. The van der Waals surface area contributed by atoms with Crippen molar-refractivity contribution in [1.29, 1.82) is 0 Å². The molecule has 1 saturated carbocycles. The van der Waals surface area contributed by atoms with Gasteiger partial charge in [-0.15, -0.1) is 0 Å². The number of hydrogen-bond acceptors (Lipinski definition) is 3. The van der Waals surface area contributed by atoms with Crippen LogP contribution >= 0.6 is 11.6 Å². The van der Waals surface area contributed by atoms with Crippen molar-refractivity contribution in [2.45, 2.75) is 52.0 Å². The lowest BCUT2D eigenvalue weighted by Gasteiger charge is -2.32. The topological polar surface area (TPSA) is 52.7 Å². The van der Waals surface area contributed by atoms with Crippen LogP contribution in [0.2, 0.25) is 5.02 Å². The lowest BCUT2D eigenvalue weighted by molar-refractivity contribution is -0.136. The fraction of sp³-hybridized carbons (Fsp3) is 0.619. The first-order chi connectivity index (χ1) is 13.0. The zero-order valence-electron chi connectivity index (χ0n) is 16.3. The summed E-state index contributed by atoms with van der Waals surface area (Å²) in [5.74, 6) is 0.517. The van der Waals surface area contributed by atoms with Crippen molar-refractivity contribution < 1.29 is 9.59 Å². The van der Waals surface area contributed by atoms with Gasteiger partial charge in [-0.05, 0) is 43.4 Å². The molecule has 5 nitrogen and oxygen atoms in total. The molecule has 2 amide bonds. The van der Waals surface area contributed by atoms with E-state index in [1.165, 1.54) is 26.2 Å². The predicted octanol–water partition coefficient (Wildman–Crippen LogP) is 3.38. The fourth-order valence-corrected chi connectivity index (χ4v) is 4.24. The quantitative estimate of drug-likeness (QED) is 0.837. The summed E-state index contributed by atoms with van der Waals surface area (Å²) in [5, 5.41) is 3.67.